The summed E-state index contributed by atoms with van der Waals surface area (Å²) in [7, 11) is 0. The second-order valence-corrected chi connectivity index (χ2v) is 13.0. The molecule has 242 valence electrons. The Morgan fingerprint density at radius 2 is 1.60 bits per heavy atom. The fourth-order valence-electron chi connectivity index (χ4n) is 4.80. The quantitative estimate of drug-likeness (QED) is 0.134. The van der Waals surface area contributed by atoms with E-state index < -0.39 is 23.2 Å². The average Bonchev–Trinajstić information content (AvgIpc) is 3.18. The average molecular weight is 598 g/mol. The van der Waals surface area contributed by atoms with E-state index in [1.807, 2.05) is 55.4 Å². The van der Waals surface area contributed by atoms with Crippen molar-refractivity contribution in [2.24, 2.45) is 17.8 Å². The predicted molar refractivity (Wildman–Crippen MR) is 159 cm³/mol. The minimum absolute atomic E-state index is 0.0570. The van der Waals surface area contributed by atoms with E-state index in [0.717, 1.165) is 19.3 Å². The van der Waals surface area contributed by atoms with Crippen molar-refractivity contribution in [1.82, 2.24) is 15.5 Å². The van der Waals surface area contributed by atoms with Gasteiger partial charge in [-0.15, -0.1) is 0 Å². The molecule has 3 atom stereocenters. The molecule has 11 heteroatoms. The van der Waals surface area contributed by atoms with E-state index >= 15 is 0 Å². The van der Waals surface area contributed by atoms with Crippen molar-refractivity contribution in [3.63, 3.8) is 0 Å². The van der Waals surface area contributed by atoms with Crippen LogP contribution in [0.15, 0.2) is 0 Å². The van der Waals surface area contributed by atoms with Gasteiger partial charge >= 0.3 is 5.97 Å². The lowest BCUT2D eigenvalue weighted by molar-refractivity contribution is -0.143. The molecule has 1 saturated heterocycles. The fourth-order valence-corrected chi connectivity index (χ4v) is 4.80. The third-order valence-electron chi connectivity index (χ3n) is 7.88. The van der Waals surface area contributed by atoms with Gasteiger partial charge in [-0.3, -0.25) is 24.1 Å². The Morgan fingerprint density at radius 3 is 2.17 bits per heavy atom. The van der Waals surface area contributed by atoms with Gasteiger partial charge in [0.15, 0.2) is 0 Å². The largest absolute Gasteiger partial charge is 0.480 e. The Balaban J connectivity index is 2.31. The number of unbranched alkanes of at least 4 members (excludes halogenated alkanes) is 1. The van der Waals surface area contributed by atoms with E-state index in [2.05, 4.69) is 10.6 Å². The summed E-state index contributed by atoms with van der Waals surface area (Å²) in [4.78, 5) is 62.0. The van der Waals surface area contributed by atoms with Crippen molar-refractivity contribution in [3.8, 4) is 0 Å². The maximum atomic E-state index is 12.5. The minimum Gasteiger partial charge on any atom is -0.480 e. The number of ether oxygens (including phenoxy) is 2. The molecule has 1 rings (SSSR count). The van der Waals surface area contributed by atoms with Crippen LogP contribution in [0.5, 0.6) is 0 Å². The number of imide groups is 1. The Bertz CT molecular complexity index is 918. The second kappa shape index (κ2) is 17.6. The van der Waals surface area contributed by atoms with Crippen LogP contribution < -0.4 is 10.6 Å². The molecule has 0 aromatic carbocycles. The first-order chi connectivity index (χ1) is 19.5. The van der Waals surface area contributed by atoms with Crippen LogP contribution >= 0.6 is 0 Å². The van der Waals surface area contributed by atoms with Gasteiger partial charge in [-0.2, -0.15) is 0 Å². The molecule has 0 bridgehead atoms. The zero-order chi connectivity index (χ0) is 32.1. The van der Waals surface area contributed by atoms with Gasteiger partial charge in [-0.25, -0.2) is 4.79 Å². The molecule has 11 nitrogen and oxygen atoms in total. The molecular weight excluding hydrogens is 542 g/mol. The molecule has 0 aliphatic carbocycles. The van der Waals surface area contributed by atoms with E-state index in [9.17, 15) is 29.1 Å². The van der Waals surface area contributed by atoms with Gasteiger partial charge in [-0.05, 0) is 58.8 Å². The highest BCUT2D eigenvalue weighted by molar-refractivity contribution is 6.03. The van der Waals surface area contributed by atoms with Crippen LogP contribution in [0.1, 0.15) is 107 Å². The molecule has 0 spiro atoms. The summed E-state index contributed by atoms with van der Waals surface area (Å²) >= 11 is 0. The van der Waals surface area contributed by atoms with Crippen molar-refractivity contribution in [3.05, 3.63) is 0 Å². The molecule has 1 heterocycles. The summed E-state index contributed by atoms with van der Waals surface area (Å²) in [5.41, 5.74) is -1.09. The third kappa shape index (κ3) is 13.6. The maximum Gasteiger partial charge on any atom is 0.326 e. The molecule has 3 unspecified atom stereocenters. The Morgan fingerprint density at radius 1 is 0.976 bits per heavy atom. The topological polar surface area (TPSA) is 151 Å². The Labute approximate surface area is 251 Å². The lowest BCUT2D eigenvalue weighted by Crippen LogP contribution is -2.45. The van der Waals surface area contributed by atoms with Gasteiger partial charge in [0.25, 0.3) is 0 Å². The van der Waals surface area contributed by atoms with Gasteiger partial charge in [0.05, 0.1) is 24.4 Å². The first-order valence-corrected chi connectivity index (χ1v) is 15.4. The first kappa shape index (κ1) is 37.5. The molecule has 1 aliphatic rings. The highest BCUT2D eigenvalue weighted by Crippen LogP contribution is 2.26. The number of carboxylic acid groups (broad SMARTS) is 1. The van der Waals surface area contributed by atoms with Gasteiger partial charge in [0.2, 0.25) is 23.6 Å². The van der Waals surface area contributed by atoms with E-state index in [4.69, 9.17) is 9.47 Å². The number of hydrogen-bond acceptors (Lipinski definition) is 7. The number of nitrogens with zero attached hydrogens (tertiary/aromatic N) is 1. The van der Waals surface area contributed by atoms with Crippen LogP contribution in [0.4, 0.5) is 0 Å². The Kier molecular flexibility index (Phi) is 15.7. The predicted octanol–water partition coefficient (Wildman–Crippen LogP) is 3.68. The van der Waals surface area contributed by atoms with E-state index in [0.29, 0.717) is 32.6 Å². The molecule has 1 aliphatic heterocycles. The summed E-state index contributed by atoms with van der Waals surface area (Å²) in [5, 5.41) is 15.0. The fraction of sp³-hybridized carbons (Fsp3) is 0.839. The summed E-state index contributed by atoms with van der Waals surface area (Å²) in [6.45, 7) is 16.5. The van der Waals surface area contributed by atoms with Crippen LogP contribution in [0.3, 0.4) is 0 Å². The summed E-state index contributed by atoms with van der Waals surface area (Å²) in [6, 6.07) is -0.897. The monoisotopic (exact) mass is 597 g/mol. The van der Waals surface area contributed by atoms with Crippen molar-refractivity contribution < 1.29 is 38.6 Å². The van der Waals surface area contributed by atoms with Crippen molar-refractivity contribution in [2.75, 3.05) is 26.3 Å². The number of rotatable bonds is 21. The lowest BCUT2D eigenvalue weighted by Gasteiger charge is -2.30. The number of carboxylic acids is 1. The van der Waals surface area contributed by atoms with Crippen LogP contribution in [0.25, 0.3) is 0 Å². The van der Waals surface area contributed by atoms with Crippen LogP contribution in [0.2, 0.25) is 0 Å². The molecule has 0 saturated carbocycles. The zero-order valence-corrected chi connectivity index (χ0v) is 27.0. The molecule has 0 aromatic heterocycles. The molecule has 42 heavy (non-hydrogen) atoms. The Hall–Kier alpha value is -2.53. The van der Waals surface area contributed by atoms with Crippen LogP contribution in [-0.4, -0.2) is 83.2 Å². The van der Waals surface area contributed by atoms with E-state index in [1.165, 1.54) is 4.90 Å². The van der Waals surface area contributed by atoms with Crippen LogP contribution in [-0.2, 0) is 33.4 Å². The van der Waals surface area contributed by atoms with Crippen molar-refractivity contribution in [1.29, 1.82) is 0 Å². The van der Waals surface area contributed by atoms with Gasteiger partial charge in [0, 0.05) is 38.3 Å². The van der Waals surface area contributed by atoms with Crippen molar-refractivity contribution in [2.45, 2.75) is 124 Å². The lowest BCUT2D eigenvalue weighted by atomic mass is 9.94. The number of nitrogens with one attached hydrogen (secondary N) is 2. The van der Waals surface area contributed by atoms with E-state index in [1.54, 1.807) is 0 Å². The third-order valence-corrected chi connectivity index (χ3v) is 7.88. The SMILES string of the molecule is CCCCC(C)C(NC(=O)CCC(C)(C)OCCC(C)(C)OCCNC(=O)CCN1C(=O)CC(C(C)C)C1=O)C(=O)O. The van der Waals surface area contributed by atoms with Crippen LogP contribution in [0, 0.1) is 17.8 Å². The van der Waals surface area contributed by atoms with Crippen molar-refractivity contribution >= 4 is 29.6 Å². The summed E-state index contributed by atoms with van der Waals surface area (Å²) in [5.74, 6) is -2.33. The molecular formula is C31H55N3O8. The number of amides is 4. The first-order valence-electron chi connectivity index (χ1n) is 15.4. The standard InChI is InChI=1S/C31H55N3O8/c1-9-10-11-22(4)27(29(39)40)33-25(36)12-14-30(5,6)41-18-15-31(7,8)42-19-16-32-24(35)13-17-34-26(37)20-23(21(2)3)28(34)38/h21-23,27H,9-20H2,1-8H3,(H,32,35)(H,33,36)(H,39,40). The molecule has 0 aromatic rings. The summed E-state index contributed by atoms with van der Waals surface area (Å²) < 4.78 is 12.0. The summed E-state index contributed by atoms with van der Waals surface area (Å²) in [6.07, 6.45) is 4.09. The number of carbonyl (C=O) groups excluding carboxylic acids is 4. The second-order valence-electron chi connectivity index (χ2n) is 13.0. The number of carbonyl (C=O) groups is 5. The minimum atomic E-state index is -1.01. The zero-order valence-electron chi connectivity index (χ0n) is 27.0. The van der Waals surface area contributed by atoms with Gasteiger partial charge < -0.3 is 25.2 Å². The highest BCUT2D eigenvalue weighted by atomic mass is 16.5. The molecule has 4 amide bonds. The highest BCUT2D eigenvalue weighted by Gasteiger charge is 2.39. The van der Waals surface area contributed by atoms with E-state index in [-0.39, 0.29) is 67.2 Å². The molecule has 1 fully saturated rings. The smallest absolute Gasteiger partial charge is 0.326 e. The molecule has 3 N–H and O–H groups in total. The normalized spacial score (nSPS) is 17.5. The number of hydrogen-bond donors (Lipinski definition) is 3. The van der Waals surface area contributed by atoms with Gasteiger partial charge in [-0.1, -0.05) is 40.5 Å². The number of likely N-dealkylation sites (tertiary alicyclic amines) is 1. The number of aliphatic carboxylic acids is 1. The maximum absolute atomic E-state index is 12.5. The molecule has 0 radical (unpaired) electrons. The van der Waals surface area contributed by atoms with Gasteiger partial charge in [0.1, 0.15) is 6.04 Å².